The predicted octanol–water partition coefficient (Wildman–Crippen LogP) is 6.97. The van der Waals surface area contributed by atoms with Crippen molar-refractivity contribution in [2.24, 2.45) is 7.05 Å². The Labute approximate surface area is 260 Å². The van der Waals surface area contributed by atoms with Gasteiger partial charge in [-0.25, -0.2) is 4.98 Å². The van der Waals surface area contributed by atoms with E-state index < -0.39 is 0 Å². The molecule has 0 radical (unpaired) electrons. The Hall–Kier alpha value is -4.17. The van der Waals surface area contributed by atoms with Gasteiger partial charge in [0.2, 0.25) is 0 Å². The van der Waals surface area contributed by atoms with Gasteiger partial charge in [-0.2, -0.15) is 0 Å². The maximum absolute atomic E-state index is 6.08. The van der Waals surface area contributed by atoms with Gasteiger partial charge in [0, 0.05) is 37.0 Å². The first-order valence-electron chi connectivity index (χ1n) is 15.5. The molecule has 2 saturated heterocycles. The van der Waals surface area contributed by atoms with Crippen LogP contribution in [0.5, 0.6) is 0 Å². The number of rotatable bonds is 7. The minimum atomic E-state index is -0.153. The molecule has 4 aromatic rings. The van der Waals surface area contributed by atoms with Crippen molar-refractivity contribution >= 4 is 0 Å². The van der Waals surface area contributed by atoms with Crippen LogP contribution in [0.1, 0.15) is 72.2 Å². The van der Waals surface area contributed by atoms with Crippen molar-refractivity contribution in [1.29, 1.82) is 0 Å². The van der Waals surface area contributed by atoms with E-state index in [1.807, 2.05) is 66.2 Å². The zero-order valence-corrected chi connectivity index (χ0v) is 25.3. The van der Waals surface area contributed by atoms with E-state index in [4.69, 9.17) is 23.9 Å². The van der Waals surface area contributed by atoms with Gasteiger partial charge in [0.1, 0.15) is 17.2 Å². The van der Waals surface area contributed by atoms with E-state index in [0.717, 1.165) is 91.1 Å². The molecule has 2 fully saturated rings. The molecule has 3 aromatic carbocycles. The van der Waals surface area contributed by atoms with Gasteiger partial charge in [0.15, 0.2) is 12.6 Å². The molecule has 2 atom stereocenters. The molecule has 6 nitrogen and oxygen atoms in total. The zero-order chi connectivity index (χ0) is 30.0. The predicted molar refractivity (Wildman–Crippen MR) is 170 cm³/mol. The number of hydrogen-bond acceptors (Lipinski definition) is 5. The summed E-state index contributed by atoms with van der Waals surface area (Å²) in [6.07, 6.45) is 6.00. The van der Waals surface area contributed by atoms with E-state index in [1.54, 1.807) is 0 Å². The van der Waals surface area contributed by atoms with Crippen molar-refractivity contribution in [2.45, 2.75) is 64.3 Å². The summed E-state index contributed by atoms with van der Waals surface area (Å²) < 4.78 is 25.7. The Balaban J connectivity index is 1.30. The van der Waals surface area contributed by atoms with Gasteiger partial charge in [0.25, 0.3) is 0 Å². The van der Waals surface area contributed by atoms with Crippen molar-refractivity contribution in [3.05, 3.63) is 113 Å². The lowest BCUT2D eigenvalue weighted by Gasteiger charge is -2.22. The van der Waals surface area contributed by atoms with Crippen LogP contribution < -0.4 is 0 Å². The van der Waals surface area contributed by atoms with Crippen LogP contribution in [0.15, 0.2) is 78.9 Å². The van der Waals surface area contributed by atoms with Crippen LogP contribution in [0.3, 0.4) is 0 Å². The Kier molecular flexibility index (Phi) is 10.2. The highest BCUT2D eigenvalue weighted by Crippen LogP contribution is 2.22. The third kappa shape index (κ3) is 7.66. The standard InChI is InChI=1S/C38H38N2O4/c1-40-35(24-22-30-14-6-8-18-33(30)28-44-37-20-10-12-26-42-37)34(39-38(40)31-15-3-2-4-16-31)23-21-29-13-5-7-17-32(29)27-43-36-19-9-11-25-41-36/h2-8,13-18,36-37H,9-12,19-20,25-28H2,1H3. The average molecular weight is 587 g/mol. The van der Waals surface area contributed by atoms with E-state index in [2.05, 4.69) is 47.9 Å². The first kappa shape index (κ1) is 29.9. The molecule has 2 aliphatic rings. The monoisotopic (exact) mass is 586 g/mol. The number of aromatic nitrogens is 2. The van der Waals surface area contributed by atoms with Crippen LogP contribution in [-0.4, -0.2) is 35.3 Å². The molecule has 1 aromatic heterocycles. The van der Waals surface area contributed by atoms with E-state index >= 15 is 0 Å². The smallest absolute Gasteiger partial charge is 0.158 e. The quantitative estimate of drug-likeness (QED) is 0.219. The average Bonchev–Trinajstić information content (AvgIpc) is 3.41. The van der Waals surface area contributed by atoms with Gasteiger partial charge in [-0.1, -0.05) is 78.6 Å². The number of nitrogens with zero attached hydrogens (tertiary/aromatic N) is 2. The highest BCUT2D eigenvalue weighted by atomic mass is 16.7. The molecular weight excluding hydrogens is 548 g/mol. The van der Waals surface area contributed by atoms with Gasteiger partial charge in [-0.3, -0.25) is 0 Å². The molecule has 0 spiro atoms. The lowest BCUT2D eigenvalue weighted by atomic mass is 10.1. The summed E-state index contributed by atoms with van der Waals surface area (Å²) in [5.74, 6) is 14.3. The normalized spacial score (nSPS) is 18.1. The molecule has 224 valence electrons. The fourth-order valence-electron chi connectivity index (χ4n) is 5.41. The van der Waals surface area contributed by atoms with E-state index in [0.29, 0.717) is 18.9 Å². The van der Waals surface area contributed by atoms with Crippen LogP contribution in [0.4, 0.5) is 0 Å². The zero-order valence-electron chi connectivity index (χ0n) is 25.3. The van der Waals surface area contributed by atoms with Crippen LogP contribution in [0.2, 0.25) is 0 Å². The second-order valence-corrected chi connectivity index (χ2v) is 11.1. The SMILES string of the molecule is Cn1c(-c2ccccc2)nc(C#Cc2ccccc2COC2CCCCO2)c1C#Cc1ccccc1COC1CCCCO1. The Morgan fingerprint density at radius 2 is 1.23 bits per heavy atom. The molecule has 0 N–H and O–H groups in total. The summed E-state index contributed by atoms with van der Waals surface area (Å²) in [6.45, 7) is 2.41. The van der Waals surface area contributed by atoms with Crippen molar-refractivity contribution in [1.82, 2.24) is 9.55 Å². The number of benzene rings is 3. The summed E-state index contributed by atoms with van der Waals surface area (Å²) in [7, 11) is 1.99. The van der Waals surface area contributed by atoms with Crippen LogP contribution in [0, 0.1) is 23.7 Å². The molecule has 44 heavy (non-hydrogen) atoms. The highest BCUT2D eigenvalue weighted by Gasteiger charge is 2.17. The minimum Gasteiger partial charge on any atom is -0.353 e. The van der Waals surface area contributed by atoms with Crippen molar-refractivity contribution in [3.63, 3.8) is 0 Å². The lowest BCUT2D eigenvalue weighted by Crippen LogP contribution is -2.22. The third-order valence-corrected chi connectivity index (χ3v) is 7.92. The van der Waals surface area contributed by atoms with E-state index in [1.165, 1.54) is 0 Å². The first-order chi connectivity index (χ1) is 21.7. The minimum absolute atomic E-state index is 0.152. The van der Waals surface area contributed by atoms with Crippen LogP contribution in [0.25, 0.3) is 11.4 Å². The maximum atomic E-state index is 6.08. The second-order valence-electron chi connectivity index (χ2n) is 11.1. The fourth-order valence-corrected chi connectivity index (χ4v) is 5.41. The summed E-state index contributed by atoms with van der Waals surface area (Å²) in [5.41, 5.74) is 6.27. The van der Waals surface area contributed by atoms with E-state index in [-0.39, 0.29) is 12.6 Å². The van der Waals surface area contributed by atoms with Gasteiger partial charge >= 0.3 is 0 Å². The van der Waals surface area contributed by atoms with Crippen molar-refractivity contribution in [2.75, 3.05) is 13.2 Å². The topological polar surface area (TPSA) is 54.7 Å². The Morgan fingerprint density at radius 3 is 1.80 bits per heavy atom. The molecule has 6 rings (SSSR count). The Morgan fingerprint density at radius 1 is 0.682 bits per heavy atom. The van der Waals surface area contributed by atoms with Gasteiger partial charge in [-0.15, -0.1) is 0 Å². The van der Waals surface area contributed by atoms with Crippen molar-refractivity contribution in [3.8, 4) is 35.1 Å². The molecule has 0 saturated carbocycles. The molecule has 3 heterocycles. The van der Waals surface area contributed by atoms with Crippen LogP contribution >= 0.6 is 0 Å². The molecule has 2 aliphatic heterocycles. The molecular formula is C38H38N2O4. The van der Waals surface area contributed by atoms with Gasteiger partial charge in [0.05, 0.1) is 13.2 Å². The number of imidazole rings is 1. The third-order valence-electron chi connectivity index (χ3n) is 7.92. The number of ether oxygens (including phenoxy) is 4. The molecule has 2 unspecified atom stereocenters. The van der Waals surface area contributed by atoms with Gasteiger partial charge < -0.3 is 23.5 Å². The summed E-state index contributed by atoms with van der Waals surface area (Å²) >= 11 is 0. The molecule has 6 heteroatoms. The fraction of sp³-hybridized carbons (Fsp3) is 0.342. The van der Waals surface area contributed by atoms with Gasteiger partial charge in [-0.05, 0) is 73.6 Å². The van der Waals surface area contributed by atoms with E-state index in [9.17, 15) is 0 Å². The molecule has 0 aliphatic carbocycles. The Bertz CT molecular complexity index is 1660. The van der Waals surface area contributed by atoms with Crippen LogP contribution in [-0.2, 0) is 39.2 Å². The molecule has 0 bridgehead atoms. The van der Waals surface area contributed by atoms with Crippen molar-refractivity contribution < 1.29 is 18.9 Å². The lowest BCUT2D eigenvalue weighted by molar-refractivity contribution is -0.169. The number of hydrogen-bond donors (Lipinski definition) is 0. The summed E-state index contributed by atoms with van der Waals surface area (Å²) in [6, 6.07) is 26.3. The first-order valence-corrected chi connectivity index (χ1v) is 15.5. The summed E-state index contributed by atoms with van der Waals surface area (Å²) in [5, 5.41) is 0. The largest absolute Gasteiger partial charge is 0.353 e. The summed E-state index contributed by atoms with van der Waals surface area (Å²) in [4.78, 5) is 4.97. The maximum Gasteiger partial charge on any atom is 0.158 e. The highest BCUT2D eigenvalue weighted by molar-refractivity contribution is 5.62. The second kappa shape index (κ2) is 15.0. The molecule has 0 amide bonds.